The van der Waals surface area contributed by atoms with Crippen molar-refractivity contribution in [3.8, 4) is 5.75 Å². The van der Waals surface area contributed by atoms with Crippen molar-refractivity contribution in [2.75, 3.05) is 45.6 Å². The Morgan fingerprint density at radius 1 is 0.920 bits per heavy atom. The summed E-state index contributed by atoms with van der Waals surface area (Å²) in [6, 6.07) is -2.13. The van der Waals surface area contributed by atoms with Crippen LogP contribution in [0.1, 0.15) is 92.1 Å². The highest BCUT2D eigenvalue weighted by Gasteiger charge is 2.45. The number of fused-ring (bicyclic) bond motifs is 5. The number of aromatic hydroxyl groups is 1. The molecule has 1 fully saturated rings. The fourth-order valence-electron chi connectivity index (χ4n) is 9.29. The molecule has 24 nitrogen and oxygen atoms in total. The molecule has 75 heavy (non-hydrogen) atoms. The number of ether oxygens (including phenoxy) is 1. The second kappa shape index (κ2) is 26.0. The predicted molar refractivity (Wildman–Crippen MR) is 270 cm³/mol. The highest BCUT2D eigenvalue weighted by atomic mass is 32.2. The van der Waals surface area contributed by atoms with Gasteiger partial charge in [0.05, 0.1) is 65.4 Å². The minimum atomic E-state index is -2.34. The highest BCUT2D eigenvalue weighted by molar-refractivity contribution is 7.85. The van der Waals surface area contributed by atoms with Gasteiger partial charge in [-0.2, -0.15) is 0 Å². The number of benzene rings is 1. The minimum absolute atomic E-state index is 0.00729. The highest BCUT2D eigenvalue weighted by Crippen LogP contribution is 2.33. The monoisotopic (exact) mass is 1070 g/mol. The number of rotatable bonds is 12. The number of phenols is 1. The molecule has 1 unspecified atom stereocenters. The van der Waals surface area contributed by atoms with Crippen LogP contribution in [0.5, 0.6) is 5.75 Å². The van der Waals surface area contributed by atoms with E-state index in [9.17, 15) is 62.7 Å². The van der Waals surface area contributed by atoms with Gasteiger partial charge in [0.2, 0.25) is 41.4 Å². The molecule has 2 bridgehead atoms. The van der Waals surface area contributed by atoms with Crippen molar-refractivity contribution in [1.82, 2.24) is 41.4 Å². The Bertz CT molecular complexity index is 2530. The van der Waals surface area contributed by atoms with Crippen molar-refractivity contribution >= 4 is 80.6 Å². The van der Waals surface area contributed by atoms with E-state index in [0.29, 0.717) is 24.8 Å². The summed E-state index contributed by atoms with van der Waals surface area (Å²) >= 11 is 0. The topological polar surface area (TPSA) is 366 Å². The van der Waals surface area contributed by atoms with E-state index in [-0.39, 0.29) is 40.2 Å². The predicted octanol–water partition coefficient (Wildman–Crippen LogP) is -1.68. The number of carbonyl (C=O) groups is 10. The van der Waals surface area contributed by atoms with E-state index < -0.39 is 187 Å². The fraction of sp³-hybridized carbons (Fsp3) is 0.640. The number of nitrogens with one attached hydrogen (secondary N) is 6. The van der Waals surface area contributed by atoms with Crippen molar-refractivity contribution in [2.45, 2.75) is 140 Å². The molecular formula is C50H73N9O15S. The molecule has 11 N–H and O–H groups in total. The van der Waals surface area contributed by atoms with E-state index in [2.05, 4.69) is 31.6 Å². The zero-order chi connectivity index (χ0) is 55.6. The summed E-state index contributed by atoms with van der Waals surface area (Å²) in [5.41, 5.74) is 5.78. The van der Waals surface area contributed by atoms with Crippen LogP contribution < -0.4 is 32.3 Å². The van der Waals surface area contributed by atoms with Crippen LogP contribution in [0.2, 0.25) is 0 Å². The summed E-state index contributed by atoms with van der Waals surface area (Å²) < 4.78 is 20.2. The number of aromatic amines is 1. The third-order valence-electron chi connectivity index (χ3n) is 14.4. The van der Waals surface area contributed by atoms with Crippen molar-refractivity contribution in [3.05, 3.63) is 23.8 Å². The van der Waals surface area contributed by atoms with Crippen LogP contribution in [0.25, 0.3) is 10.9 Å². The Kier molecular flexibility index (Phi) is 20.6. The first kappa shape index (κ1) is 59.6. The van der Waals surface area contributed by atoms with Crippen molar-refractivity contribution in [1.29, 1.82) is 0 Å². The SMILES string of the molecule is CC[C@H](C)[C@@H]1NC(=O)CNC(=O)[C@H]2CC(=O)[C@H]([C@@H](C)[C@@H](O)COC(=O)CCCN(C)C(C)(C)C)NC(=O)[C@@H]3C[C@@H](O)CN3C(=O)[C@H](CC(N)=O)CC(=O)[C@H](CS(=O)c3[nH]c4cc(O)ccc4c3C2)NC(=O)CNC1=O. The number of phenolic OH excluding ortho intramolecular Hbond substituents is 1. The van der Waals surface area contributed by atoms with E-state index in [0.717, 1.165) is 4.90 Å². The molecule has 414 valence electrons. The molecule has 5 rings (SSSR count). The Morgan fingerprint density at radius 2 is 1.59 bits per heavy atom. The molecule has 3 aliphatic rings. The van der Waals surface area contributed by atoms with Gasteiger partial charge < -0.3 is 67.2 Å². The molecule has 1 aromatic carbocycles. The molecule has 1 aromatic heterocycles. The van der Waals surface area contributed by atoms with Crippen molar-refractivity contribution in [2.24, 2.45) is 29.4 Å². The average Bonchev–Trinajstić information content (AvgIpc) is 3.92. The number of amides is 7. The smallest absolute Gasteiger partial charge is 0.305 e. The lowest BCUT2D eigenvalue weighted by atomic mass is 9.85. The van der Waals surface area contributed by atoms with Crippen LogP contribution in [0.15, 0.2) is 23.2 Å². The van der Waals surface area contributed by atoms with Gasteiger partial charge in [-0.25, -0.2) is 0 Å². The summed E-state index contributed by atoms with van der Waals surface area (Å²) in [7, 11) is -0.439. The van der Waals surface area contributed by atoms with Gasteiger partial charge in [-0.3, -0.25) is 52.2 Å². The fourth-order valence-corrected chi connectivity index (χ4v) is 10.7. The van der Waals surface area contributed by atoms with Crippen molar-refractivity contribution in [3.63, 3.8) is 0 Å². The number of primary amides is 1. The summed E-state index contributed by atoms with van der Waals surface area (Å²) in [6.07, 6.45) is -5.31. The molecule has 0 saturated carbocycles. The summed E-state index contributed by atoms with van der Waals surface area (Å²) in [6.45, 7) is 8.83. The van der Waals surface area contributed by atoms with E-state index in [1.807, 2.05) is 32.7 Å². The number of nitrogens with two attached hydrogens (primary N) is 1. The van der Waals surface area contributed by atoms with Gasteiger partial charge in [0.1, 0.15) is 29.5 Å². The molecule has 7 amide bonds. The second-order valence-electron chi connectivity index (χ2n) is 21.0. The number of hydrogen-bond donors (Lipinski definition) is 10. The normalized spacial score (nSPS) is 26.5. The summed E-state index contributed by atoms with van der Waals surface area (Å²) in [5.74, 6) is -14.8. The van der Waals surface area contributed by atoms with Crippen LogP contribution in [0.3, 0.4) is 0 Å². The molecular weight excluding hydrogens is 999 g/mol. The number of ketones is 2. The van der Waals surface area contributed by atoms with Crippen molar-refractivity contribution < 1.29 is 72.2 Å². The molecule has 4 heterocycles. The number of nitrogens with zero attached hydrogens (tertiary/aromatic N) is 2. The lowest BCUT2D eigenvalue weighted by Crippen LogP contribution is -2.56. The summed E-state index contributed by atoms with van der Waals surface area (Å²) in [4.78, 5) is 145. The van der Waals surface area contributed by atoms with Crippen LogP contribution >= 0.6 is 0 Å². The third-order valence-corrected chi connectivity index (χ3v) is 15.8. The number of esters is 1. The third kappa shape index (κ3) is 15.9. The first-order valence-corrected chi connectivity index (χ1v) is 26.5. The van der Waals surface area contributed by atoms with Crippen LogP contribution in [0, 0.1) is 23.7 Å². The van der Waals surface area contributed by atoms with Gasteiger partial charge in [-0.15, -0.1) is 0 Å². The lowest BCUT2D eigenvalue weighted by Gasteiger charge is -2.32. The molecule has 0 radical (unpaired) electrons. The van der Waals surface area contributed by atoms with Gasteiger partial charge in [0.25, 0.3) is 0 Å². The van der Waals surface area contributed by atoms with E-state index in [1.165, 1.54) is 25.1 Å². The Morgan fingerprint density at radius 3 is 2.24 bits per heavy atom. The molecule has 25 heteroatoms. The Labute approximate surface area is 437 Å². The first-order chi connectivity index (χ1) is 35.2. The number of hydrogen-bond acceptors (Lipinski definition) is 16. The molecule has 1 saturated heterocycles. The Hall–Kier alpha value is -6.31. The zero-order valence-corrected chi connectivity index (χ0v) is 44.3. The average molecular weight is 1070 g/mol. The van der Waals surface area contributed by atoms with Gasteiger partial charge >= 0.3 is 5.97 Å². The second-order valence-corrected chi connectivity index (χ2v) is 22.4. The standard InChI is InChI=1S/C50H73N9O15S/c1-8-25(2)43-47(71)53-20-40(66)54-34-24-75(73)48-32(31-12-11-29(60)18-33(31)55-48)14-27(45(69)52-21-41(67)56-43)15-37(63)44(26(3)38(64)23-74-42(68)10-9-13-58(7)50(4,5)6)57-46(70)35-19-30(61)22-59(35)49(72)28(16-36(34)62)17-39(51)65/h11-12,18,25-28,30,34-35,38,43-44,55,60-61,64H,8-10,13-17,19-24H2,1-7H3,(H2,51,65)(H,52,69)(H,53,71)(H,54,66)(H,56,67)(H,57,70)/t25-,26-,27+,28-,30+,34-,35-,38-,43-,44-,75?/m0/s1. The number of H-pyrrole nitrogens is 1. The molecule has 2 aromatic rings. The van der Waals surface area contributed by atoms with Gasteiger partial charge in [-0.05, 0) is 70.8 Å². The van der Waals surface area contributed by atoms with Gasteiger partial charge in [0.15, 0.2) is 11.6 Å². The van der Waals surface area contributed by atoms with Crippen LogP contribution in [0.4, 0.5) is 0 Å². The number of carbonyl (C=O) groups excluding carboxylic acids is 10. The number of aromatic nitrogens is 1. The zero-order valence-electron chi connectivity index (χ0n) is 43.5. The quantitative estimate of drug-likeness (QED) is 0.106. The van der Waals surface area contributed by atoms with Crippen LogP contribution in [-0.2, 0) is 69.9 Å². The number of Topliss-reactive ketones (excluding diaryl/α,β-unsaturated/α-hetero) is 2. The maximum absolute atomic E-state index is 15.0. The van der Waals surface area contributed by atoms with Gasteiger partial charge in [-0.1, -0.05) is 27.2 Å². The van der Waals surface area contributed by atoms with Gasteiger partial charge in [0, 0.05) is 67.5 Å². The van der Waals surface area contributed by atoms with E-state index in [1.54, 1.807) is 13.8 Å². The first-order valence-electron chi connectivity index (χ1n) is 25.2. The number of aliphatic hydroxyl groups excluding tert-OH is 2. The lowest BCUT2D eigenvalue weighted by molar-refractivity contribution is -0.149. The number of aliphatic hydroxyl groups is 2. The largest absolute Gasteiger partial charge is 0.508 e. The van der Waals surface area contributed by atoms with E-state index >= 15 is 4.79 Å². The van der Waals surface area contributed by atoms with E-state index in [4.69, 9.17) is 10.5 Å². The molecule has 3 aliphatic heterocycles. The minimum Gasteiger partial charge on any atom is -0.508 e. The Balaban J connectivity index is 1.66. The summed E-state index contributed by atoms with van der Waals surface area (Å²) in [5, 5.41) is 45.8. The maximum atomic E-state index is 15.0. The molecule has 0 aliphatic carbocycles. The molecule has 11 atom stereocenters. The van der Waals surface area contributed by atoms with Crippen LogP contribution in [-0.4, -0.2) is 181 Å². The molecule has 0 spiro atoms. The maximum Gasteiger partial charge on any atom is 0.305 e.